The maximum absolute atomic E-state index is 5.94. The second kappa shape index (κ2) is 5.83. The summed E-state index contributed by atoms with van der Waals surface area (Å²) in [6.07, 6.45) is 6.70. The summed E-state index contributed by atoms with van der Waals surface area (Å²) in [4.78, 5) is 2.62. The SMILES string of the molecule is NCC(C1CCOC1)N1CCCCCC1. The van der Waals surface area contributed by atoms with Gasteiger partial charge in [-0.15, -0.1) is 0 Å². The van der Waals surface area contributed by atoms with E-state index in [1.54, 1.807) is 0 Å². The first-order chi connectivity index (χ1) is 7.42. The molecule has 0 amide bonds. The molecule has 3 nitrogen and oxygen atoms in total. The van der Waals surface area contributed by atoms with Gasteiger partial charge in [-0.3, -0.25) is 4.90 Å². The van der Waals surface area contributed by atoms with E-state index in [1.165, 1.54) is 45.2 Å². The molecule has 0 bridgehead atoms. The zero-order valence-corrected chi connectivity index (χ0v) is 9.66. The molecule has 2 unspecified atom stereocenters. The molecular weight excluding hydrogens is 188 g/mol. The number of hydrogen-bond acceptors (Lipinski definition) is 3. The van der Waals surface area contributed by atoms with Crippen LogP contribution in [-0.2, 0) is 4.74 Å². The Bertz CT molecular complexity index is 172. The number of nitrogens with zero attached hydrogens (tertiary/aromatic N) is 1. The summed E-state index contributed by atoms with van der Waals surface area (Å²) in [5.74, 6) is 0.688. The molecule has 2 aliphatic heterocycles. The summed E-state index contributed by atoms with van der Waals surface area (Å²) in [7, 11) is 0. The molecule has 88 valence electrons. The van der Waals surface area contributed by atoms with Gasteiger partial charge in [0.25, 0.3) is 0 Å². The maximum Gasteiger partial charge on any atom is 0.0510 e. The van der Waals surface area contributed by atoms with Gasteiger partial charge in [-0.05, 0) is 32.4 Å². The van der Waals surface area contributed by atoms with Gasteiger partial charge in [-0.25, -0.2) is 0 Å². The fourth-order valence-corrected chi connectivity index (χ4v) is 2.92. The van der Waals surface area contributed by atoms with Gasteiger partial charge in [-0.2, -0.15) is 0 Å². The fraction of sp³-hybridized carbons (Fsp3) is 1.00. The van der Waals surface area contributed by atoms with E-state index in [-0.39, 0.29) is 0 Å². The van der Waals surface area contributed by atoms with Crippen LogP contribution in [0.15, 0.2) is 0 Å². The molecule has 0 aromatic rings. The van der Waals surface area contributed by atoms with Crippen molar-refractivity contribution in [3.05, 3.63) is 0 Å². The summed E-state index contributed by atoms with van der Waals surface area (Å²) in [6.45, 7) is 5.16. The summed E-state index contributed by atoms with van der Waals surface area (Å²) in [5.41, 5.74) is 5.94. The lowest BCUT2D eigenvalue weighted by Crippen LogP contribution is -2.46. The van der Waals surface area contributed by atoms with E-state index in [9.17, 15) is 0 Å². The number of hydrogen-bond donors (Lipinski definition) is 1. The number of rotatable bonds is 3. The third kappa shape index (κ3) is 2.92. The maximum atomic E-state index is 5.94. The van der Waals surface area contributed by atoms with Crippen LogP contribution in [0.5, 0.6) is 0 Å². The van der Waals surface area contributed by atoms with Gasteiger partial charge in [0.15, 0.2) is 0 Å². The minimum absolute atomic E-state index is 0.575. The monoisotopic (exact) mass is 212 g/mol. The van der Waals surface area contributed by atoms with Crippen LogP contribution in [0.2, 0.25) is 0 Å². The molecular formula is C12H24N2O. The van der Waals surface area contributed by atoms with Crippen molar-refractivity contribution in [2.24, 2.45) is 11.7 Å². The van der Waals surface area contributed by atoms with Crippen LogP contribution >= 0.6 is 0 Å². The van der Waals surface area contributed by atoms with Gasteiger partial charge in [0.05, 0.1) is 6.61 Å². The summed E-state index contributed by atoms with van der Waals surface area (Å²) in [6, 6.07) is 0.575. The number of ether oxygens (including phenoxy) is 1. The highest BCUT2D eigenvalue weighted by Crippen LogP contribution is 2.23. The predicted octanol–water partition coefficient (Wildman–Crippen LogP) is 1.23. The molecule has 0 radical (unpaired) electrons. The molecule has 0 aromatic carbocycles. The molecule has 0 aromatic heterocycles. The van der Waals surface area contributed by atoms with Gasteiger partial charge >= 0.3 is 0 Å². The van der Waals surface area contributed by atoms with E-state index in [2.05, 4.69) is 4.90 Å². The van der Waals surface area contributed by atoms with Crippen molar-refractivity contribution in [2.45, 2.75) is 38.1 Å². The van der Waals surface area contributed by atoms with Crippen molar-refractivity contribution < 1.29 is 4.74 Å². The Balaban J connectivity index is 1.91. The standard InChI is InChI=1S/C12H24N2O/c13-9-12(11-5-8-15-10-11)14-6-3-1-2-4-7-14/h11-12H,1-10,13H2. The van der Waals surface area contributed by atoms with E-state index < -0.39 is 0 Å². The van der Waals surface area contributed by atoms with Crippen LogP contribution in [0.3, 0.4) is 0 Å². The fourth-order valence-electron chi connectivity index (χ4n) is 2.92. The Labute approximate surface area is 93.0 Å². The van der Waals surface area contributed by atoms with E-state index in [1.807, 2.05) is 0 Å². The lowest BCUT2D eigenvalue weighted by atomic mass is 9.97. The van der Waals surface area contributed by atoms with Crippen molar-refractivity contribution in [3.8, 4) is 0 Å². The van der Waals surface area contributed by atoms with E-state index >= 15 is 0 Å². The molecule has 2 fully saturated rings. The highest BCUT2D eigenvalue weighted by molar-refractivity contribution is 4.83. The van der Waals surface area contributed by atoms with Gasteiger partial charge in [-0.1, -0.05) is 12.8 Å². The molecule has 0 spiro atoms. The average molecular weight is 212 g/mol. The Morgan fingerprint density at radius 2 is 1.93 bits per heavy atom. The second-order valence-electron chi connectivity index (χ2n) is 4.88. The Morgan fingerprint density at radius 3 is 2.47 bits per heavy atom. The topological polar surface area (TPSA) is 38.5 Å². The first-order valence-electron chi connectivity index (χ1n) is 6.43. The van der Waals surface area contributed by atoms with Crippen molar-refractivity contribution in [1.82, 2.24) is 4.90 Å². The van der Waals surface area contributed by atoms with E-state index in [0.29, 0.717) is 12.0 Å². The van der Waals surface area contributed by atoms with Crippen LogP contribution in [0, 0.1) is 5.92 Å². The smallest absolute Gasteiger partial charge is 0.0510 e. The molecule has 2 atom stereocenters. The average Bonchev–Trinajstić information content (AvgIpc) is 2.63. The molecule has 2 heterocycles. The molecule has 0 saturated carbocycles. The third-order valence-corrected chi connectivity index (χ3v) is 3.86. The molecule has 2 aliphatic rings. The van der Waals surface area contributed by atoms with Gasteiger partial charge in [0.2, 0.25) is 0 Å². The molecule has 3 heteroatoms. The molecule has 2 N–H and O–H groups in total. The number of likely N-dealkylation sites (tertiary alicyclic amines) is 1. The zero-order valence-electron chi connectivity index (χ0n) is 9.66. The second-order valence-corrected chi connectivity index (χ2v) is 4.88. The number of nitrogens with two attached hydrogens (primary N) is 1. The summed E-state index contributed by atoms with van der Waals surface area (Å²) >= 11 is 0. The van der Waals surface area contributed by atoms with Crippen LogP contribution in [0.25, 0.3) is 0 Å². The van der Waals surface area contributed by atoms with Crippen molar-refractivity contribution in [2.75, 3.05) is 32.8 Å². The largest absolute Gasteiger partial charge is 0.381 e. The first kappa shape index (κ1) is 11.4. The van der Waals surface area contributed by atoms with Crippen LogP contribution in [0.4, 0.5) is 0 Å². The van der Waals surface area contributed by atoms with Crippen molar-refractivity contribution in [3.63, 3.8) is 0 Å². The first-order valence-corrected chi connectivity index (χ1v) is 6.43. The summed E-state index contributed by atoms with van der Waals surface area (Å²) in [5, 5.41) is 0. The summed E-state index contributed by atoms with van der Waals surface area (Å²) < 4.78 is 5.48. The highest BCUT2D eigenvalue weighted by Gasteiger charge is 2.29. The quantitative estimate of drug-likeness (QED) is 0.764. The minimum atomic E-state index is 0.575. The van der Waals surface area contributed by atoms with Gasteiger partial charge in [0.1, 0.15) is 0 Å². The van der Waals surface area contributed by atoms with Crippen LogP contribution < -0.4 is 5.73 Å². The van der Waals surface area contributed by atoms with E-state index in [4.69, 9.17) is 10.5 Å². The Morgan fingerprint density at radius 1 is 1.20 bits per heavy atom. The predicted molar refractivity (Wildman–Crippen MR) is 61.8 cm³/mol. The van der Waals surface area contributed by atoms with Gasteiger partial charge in [0, 0.05) is 25.1 Å². The normalized spacial score (nSPS) is 31.4. The molecule has 2 saturated heterocycles. The van der Waals surface area contributed by atoms with E-state index in [0.717, 1.165) is 19.8 Å². The molecule has 0 aliphatic carbocycles. The lowest BCUT2D eigenvalue weighted by molar-refractivity contribution is 0.125. The Hall–Kier alpha value is -0.120. The van der Waals surface area contributed by atoms with Crippen LogP contribution in [0.1, 0.15) is 32.1 Å². The highest BCUT2D eigenvalue weighted by atomic mass is 16.5. The molecule has 15 heavy (non-hydrogen) atoms. The molecule has 2 rings (SSSR count). The lowest BCUT2D eigenvalue weighted by Gasteiger charge is -2.33. The third-order valence-electron chi connectivity index (χ3n) is 3.86. The van der Waals surface area contributed by atoms with Crippen molar-refractivity contribution in [1.29, 1.82) is 0 Å². The van der Waals surface area contributed by atoms with Gasteiger partial charge < -0.3 is 10.5 Å². The van der Waals surface area contributed by atoms with Crippen molar-refractivity contribution >= 4 is 0 Å². The minimum Gasteiger partial charge on any atom is -0.381 e. The zero-order chi connectivity index (χ0) is 10.5. The van der Waals surface area contributed by atoms with Crippen LogP contribution in [-0.4, -0.2) is 43.8 Å². The Kier molecular flexibility index (Phi) is 4.42.